The Morgan fingerprint density at radius 1 is 1.09 bits per heavy atom. The van der Waals surface area contributed by atoms with Gasteiger partial charge in [0.25, 0.3) is 5.91 Å². The van der Waals surface area contributed by atoms with Gasteiger partial charge in [-0.1, -0.05) is 17.7 Å². The maximum atomic E-state index is 12.4. The monoisotopic (exact) mass is 317 g/mol. The van der Waals surface area contributed by atoms with Gasteiger partial charge in [-0.3, -0.25) is 9.59 Å². The number of amides is 1. The summed E-state index contributed by atoms with van der Waals surface area (Å²) >= 11 is 6.01. The van der Waals surface area contributed by atoms with E-state index in [1.165, 1.54) is 18.3 Å². The fourth-order valence-corrected chi connectivity index (χ4v) is 2.76. The van der Waals surface area contributed by atoms with E-state index in [0.29, 0.717) is 23.8 Å². The number of halogens is 1. The molecule has 0 saturated carbocycles. The predicted octanol–water partition coefficient (Wildman–Crippen LogP) is 1.99. The number of benzene rings is 1. The first-order valence-electron chi connectivity index (χ1n) is 7.12. The molecule has 1 saturated heterocycles. The summed E-state index contributed by atoms with van der Waals surface area (Å²) in [6.07, 6.45) is 1.50. The zero-order valence-corrected chi connectivity index (χ0v) is 12.7. The first kappa shape index (κ1) is 14.7. The van der Waals surface area contributed by atoms with E-state index in [0.717, 1.165) is 18.8 Å². The van der Waals surface area contributed by atoms with E-state index in [4.69, 9.17) is 11.6 Å². The molecule has 5 nitrogen and oxygen atoms in total. The molecule has 0 atom stereocenters. The average molecular weight is 318 g/mol. The van der Waals surface area contributed by atoms with Gasteiger partial charge in [-0.25, -0.2) is 0 Å². The number of rotatable bonds is 2. The number of anilines is 1. The minimum absolute atomic E-state index is 0.136. The fraction of sp³-hybridized carbons (Fsp3) is 0.250. The van der Waals surface area contributed by atoms with Crippen molar-refractivity contribution in [2.75, 3.05) is 31.1 Å². The molecule has 1 amide bonds. The third-order valence-corrected chi connectivity index (χ3v) is 3.98. The van der Waals surface area contributed by atoms with E-state index in [-0.39, 0.29) is 11.3 Å². The molecule has 1 aliphatic heterocycles. The lowest BCUT2D eigenvalue weighted by atomic mass is 10.2. The highest BCUT2D eigenvalue weighted by atomic mass is 35.5. The van der Waals surface area contributed by atoms with E-state index in [1.807, 2.05) is 24.3 Å². The standard InChI is InChI=1S/C16H16ClN3O2/c17-12-2-1-3-13(10-12)19-6-8-20(9-7-19)16(22)15-11-14(21)4-5-18-15/h1-5,10-11H,6-9H2,(H,18,21). The second-order valence-corrected chi connectivity index (χ2v) is 5.63. The van der Waals surface area contributed by atoms with Crippen LogP contribution in [0.1, 0.15) is 10.5 Å². The van der Waals surface area contributed by atoms with Crippen LogP contribution in [0.5, 0.6) is 0 Å². The Kier molecular flexibility index (Phi) is 4.15. The number of hydrogen-bond donors (Lipinski definition) is 1. The lowest BCUT2D eigenvalue weighted by molar-refractivity contribution is 0.0740. The summed E-state index contributed by atoms with van der Waals surface area (Å²) in [6, 6.07) is 10.4. The van der Waals surface area contributed by atoms with E-state index >= 15 is 0 Å². The van der Waals surface area contributed by atoms with Crippen molar-refractivity contribution >= 4 is 23.2 Å². The predicted molar refractivity (Wildman–Crippen MR) is 86.6 cm³/mol. The topological polar surface area (TPSA) is 56.4 Å². The van der Waals surface area contributed by atoms with Crippen molar-refractivity contribution in [1.29, 1.82) is 0 Å². The largest absolute Gasteiger partial charge is 0.368 e. The van der Waals surface area contributed by atoms with Crippen molar-refractivity contribution in [3.63, 3.8) is 0 Å². The number of aromatic nitrogens is 1. The summed E-state index contributed by atoms with van der Waals surface area (Å²) in [5.41, 5.74) is 1.23. The Morgan fingerprint density at radius 3 is 2.55 bits per heavy atom. The smallest absolute Gasteiger partial charge is 0.270 e. The Labute approximate surface area is 133 Å². The number of carbonyl (C=O) groups is 1. The molecule has 0 aliphatic carbocycles. The van der Waals surface area contributed by atoms with Gasteiger partial charge in [0.2, 0.25) is 0 Å². The van der Waals surface area contributed by atoms with Gasteiger partial charge in [-0.15, -0.1) is 0 Å². The molecule has 1 fully saturated rings. The molecule has 2 aromatic rings. The first-order chi connectivity index (χ1) is 10.6. The molecule has 0 spiro atoms. The Hall–Kier alpha value is -2.27. The molecular weight excluding hydrogens is 302 g/mol. The lowest BCUT2D eigenvalue weighted by Gasteiger charge is -2.36. The van der Waals surface area contributed by atoms with Crippen LogP contribution in [-0.2, 0) is 0 Å². The summed E-state index contributed by atoms with van der Waals surface area (Å²) in [5.74, 6) is -0.136. The normalized spacial score (nSPS) is 15.0. The highest BCUT2D eigenvalue weighted by molar-refractivity contribution is 6.30. The van der Waals surface area contributed by atoms with Gasteiger partial charge in [0, 0.05) is 55.2 Å². The highest BCUT2D eigenvalue weighted by Gasteiger charge is 2.22. The van der Waals surface area contributed by atoms with Gasteiger partial charge in [0.05, 0.1) is 0 Å². The van der Waals surface area contributed by atoms with E-state index in [1.54, 1.807) is 4.90 Å². The second kappa shape index (κ2) is 6.23. The Morgan fingerprint density at radius 2 is 1.86 bits per heavy atom. The zero-order valence-electron chi connectivity index (χ0n) is 12.0. The van der Waals surface area contributed by atoms with E-state index < -0.39 is 0 Å². The summed E-state index contributed by atoms with van der Waals surface area (Å²) in [5, 5.41) is 0.706. The first-order valence-corrected chi connectivity index (χ1v) is 7.50. The molecule has 1 aromatic heterocycles. The van der Waals surface area contributed by atoms with Crippen molar-refractivity contribution in [1.82, 2.24) is 9.88 Å². The fourth-order valence-electron chi connectivity index (χ4n) is 2.58. The number of carbonyl (C=O) groups excluding carboxylic acids is 1. The summed E-state index contributed by atoms with van der Waals surface area (Å²) in [6.45, 7) is 2.71. The lowest BCUT2D eigenvalue weighted by Crippen LogP contribution is -2.49. The van der Waals surface area contributed by atoms with Gasteiger partial charge in [0.15, 0.2) is 5.43 Å². The molecule has 0 bridgehead atoms. The molecule has 1 aromatic carbocycles. The Balaban J connectivity index is 1.67. The molecule has 1 aliphatic rings. The molecule has 2 heterocycles. The summed E-state index contributed by atoms with van der Waals surface area (Å²) in [7, 11) is 0. The van der Waals surface area contributed by atoms with Crippen LogP contribution in [-0.4, -0.2) is 42.0 Å². The number of nitrogens with one attached hydrogen (secondary N) is 1. The maximum absolute atomic E-state index is 12.4. The Bertz CT molecular complexity index is 736. The molecule has 22 heavy (non-hydrogen) atoms. The minimum Gasteiger partial charge on any atom is -0.368 e. The van der Waals surface area contributed by atoms with E-state index in [9.17, 15) is 9.59 Å². The number of hydrogen-bond acceptors (Lipinski definition) is 3. The third-order valence-electron chi connectivity index (χ3n) is 3.74. The van der Waals surface area contributed by atoms with Gasteiger partial charge in [0.1, 0.15) is 5.69 Å². The van der Waals surface area contributed by atoms with Crippen molar-refractivity contribution in [2.45, 2.75) is 0 Å². The molecule has 114 valence electrons. The van der Waals surface area contributed by atoms with Gasteiger partial charge < -0.3 is 14.8 Å². The van der Waals surface area contributed by atoms with Crippen LogP contribution in [0.25, 0.3) is 0 Å². The third kappa shape index (κ3) is 3.14. The zero-order chi connectivity index (χ0) is 15.5. The van der Waals surface area contributed by atoms with Crippen LogP contribution in [0.15, 0.2) is 47.4 Å². The van der Waals surface area contributed by atoms with Crippen molar-refractivity contribution in [2.24, 2.45) is 0 Å². The van der Waals surface area contributed by atoms with Gasteiger partial charge in [-0.05, 0) is 18.2 Å². The molecular formula is C16H16ClN3O2. The molecule has 3 rings (SSSR count). The summed E-state index contributed by atoms with van der Waals surface area (Å²) in [4.78, 5) is 30.5. The van der Waals surface area contributed by atoms with Gasteiger partial charge >= 0.3 is 0 Å². The minimum atomic E-state index is -0.167. The maximum Gasteiger partial charge on any atom is 0.270 e. The number of H-pyrrole nitrogens is 1. The van der Waals surface area contributed by atoms with Crippen molar-refractivity contribution < 1.29 is 4.79 Å². The van der Waals surface area contributed by atoms with Crippen LogP contribution in [0.3, 0.4) is 0 Å². The highest BCUT2D eigenvalue weighted by Crippen LogP contribution is 2.21. The summed E-state index contributed by atoms with van der Waals surface area (Å²) < 4.78 is 0. The average Bonchev–Trinajstić information content (AvgIpc) is 2.54. The van der Waals surface area contributed by atoms with Crippen LogP contribution in [0, 0.1) is 0 Å². The molecule has 6 heteroatoms. The SMILES string of the molecule is O=C(c1cc(=O)cc[nH]1)N1CCN(c2cccc(Cl)c2)CC1. The van der Waals surface area contributed by atoms with Crippen LogP contribution in [0.4, 0.5) is 5.69 Å². The molecule has 0 radical (unpaired) electrons. The molecule has 0 unspecified atom stereocenters. The molecule has 1 N–H and O–H groups in total. The van der Waals surface area contributed by atoms with Crippen LogP contribution < -0.4 is 10.3 Å². The number of aromatic amines is 1. The van der Waals surface area contributed by atoms with Crippen LogP contribution >= 0.6 is 11.6 Å². The van der Waals surface area contributed by atoms with Crippen LogP contribution in [0.2, 0.25) is 5.02 Å². The number of nitrogens with zero attached hydrogens (tertiary/aromatic N) is 2. The quantitative estimate of drug-likeness (QED) is 0.921. The van der Waals surface area contributed by atoms with Crippen molar-refractivity contribution in [3.05, 3.63) is 63.5 Å². The van der Waals surface area contributed by atoms with Gasteiger partial charge in [-0.2, -0.15) is 0 Å². The number of piperazine rings is 1. The van der Waals surface area contributed by atoms with E-state index in [2.05, 4.69) is 9.88 Å². The van der Waals surface area contributed by atoms with Crippen molar-refractivity contribution in [3.8, 4) is 0 Å². The number of pyridine rings is 1. The second-order valence-electron chi connectivity index (χ2n) is 5.20.